The summed E-state index contributed by atoms with van der Waals surface area (Å²) in [5.74, 6) is 0.465. The molecule has 0 aromatic heterocycles. The Morgan fingerprint density at radius 3 is 2.59 bits per heavy atom. The van der Waals surface area contributed by atoms with Crippen LogP contribution in [-0.2, 0) is 11.3 Å². The van der Waals surface area contributed by atoms with Crippen LogP contribution in [0.3, 0.4) is 0 Å². The molecule has 1 saturated heterocycles. The van der Waals surface area contributed by atoms with Crippen molar-refractivity contribution < 1.29 is 13.9 Å². The third-order valence-corrected chi connectivity index (χ3v) is 5.12. The minimum atomic E-state index is -0.729. The lowest BCUT2D eigenvalue weighted by Gasteiger charge is -2.41. The zero-order valence-corrected chi connectivity index (χ0v) is 15.8. The van der Waals surface area contributed by atoms with Crippen molar-refractivity contribution in [2.24, 2.45) is 0 Å². The van der Waals surface area contributed by atoms with E-state index in [1.807, 2.05) is 18.2 Å². The summed E-state index contributed by atoms with van der Waals surface area (Å²) in [6.07, 6.45) is 1.29. The molecule has 5 nitrogen and oxygen atoms in total. The molecule has 0 saturated carbocycles. The second-order valence-corrected chi connectivity index (χ2v) is 6.92. The number of benzene rings is 2. The Labute approximate surface area is 159 Å². The van der Waals surface area contributed by atoms with E-state index < -0.39 is 5.54 Å². The van der Waals surface area contributed by atoms with Gasteiger partial charge in [-0.05, 0) is 48.7 Å². The van der Waals surface area contributed by atoms with E-state index in [9.17, 15) is 9.18 Å². The predicted molar refractivity (Wildman–Crippen MR) is 104 cm³/mol. The van der Waals surface area contributed by atoms with Gasteiger partial charge in [0, 0.05) is 32.4 Å². The maximum absolute atomic E-state index is 13.5. The molecular formula is C21H26FN3O2. The van der Waals surface area contributed by atoms with Gasteiger partial charge in [0.25, 0.3) is 0 Å². The molecule has 0 unspecified atom stereocenters. The Balaban J connectivity index is 1.69. The van der Waals surface area contributed by atoms with Crippen LogP contribution < -0.4 is 15.4 Å². The van der Waals surface area contributed by atoms with Crippen LogP contribution in [0.1, 0.15) is 18.4 Å². The van der Waals surface area contributed by atoms with Crippen molar-refractivity contribution in [2.45, 2.75) is 24.9 Å². The molecule has 27 heavy (non-hydrogen) atoms. The van der Waals surface area contributed by atoms with Crippen molar-refractivity contribution in [3.8, 4) is 5.75 Å². The largest absolute Gasteiger partial charge is 0.497 e. The summed E-state index contributed by atoms with van der Waals surface area (Å²) in [4.78, 5) is 14.9. The molecule has 1 fully saturated rings. The van der Waals surface area contributed by atoms with Crippen molar-refractivity contribution in [3.63, 3.8) is 0 Å². The average molecular weight is 371 g/mol. The first-order valence-electron chi connectivity index (χ1n) is 9.16. The number of rotatable bonds is 6. The van der Waals surface area contributed by atoms with Gasteiger partial charge in [-0.1, -0.05) is 18.2 Å². The maximum atomic E-state index is 13.5. The normalized spacial score (nSPS) is 16.6. The van der Waals surface area contributed by atoms with Gasteiger partial charge in [0.2, 0.25) is 5.91 Å². The lowest BCUT2D eigenvalue weighted by Crippen LogP contribution is -2.57. The van der Waals surface area contributed by atoms with Crippen molar-refractivity contribution in [3.05, 3.63) is 59.9 Å². The van der Waals surface area contributed by atoms with E-state index in [0.29, 0.717) is 18.5 Å². The fourth-order valence-electron chi connectivity index (χ4n) is 3.61. The summed E-state index contributed by atoms with van der Waals surface area (Å²) in [5, 5.41) is 6.05. The third-order valence-electron chi connectivity index (χ3n) is 5.12. The molecule has 2 N–H and O–H groups in total. The number of piperidine rings is 1. The Morgan fingerprint density at radius 2 is 1.93 bits per heavy atom. The van der Waals surface area contributed by atoms with Crippen LogP contribution in [-0.4, -0.2) is 43.6 Å². The molecule has 6 heteroatoms. The highest BCUT2D eigenvalue weighted by Crippen LogP contribution is 2.29. The molecule has 0 bridgehead atoms. The molecule has 1 amide bonds. The molecule has 1 heterocycles. The first kappa shape index (κ1) is 19.2. The lowest BCUT2D eigenvalue weighted by atomic mass is 9.85. The minimum absolute atomic E-state index is 0.0622. The first-order chi connectivity index (χ1) is 13.0. The lowest BCUT2D eigenvalue weighted by molar-refractivity contribution is -0.126. The van der Waals surface area contributed by atoms with Gasteiger partial charge in [0.05, 0.1) is 7.11 Å². The SMILES string of the molecule is CNC(=O)C1(Nc2cccc(F)c2)CCN(Cc2cccc(OC)c2)CC1. The third kappa shape index (κ3) is 4.57. The van der Waals surface area contributed by atoms with E-state index >= 15 is 0 Å². The van der Waals surface area contributed by atoms with Crippen LogP contribution in [0.15, 0.2) is 48.5 Å². The van der Waals surface area contributed by atoms with Crippen molar-refractivity contribution in [2.75, 3.05) is 32.6 Å². The number of amides is 1. The van der Waals surface area contributed by atoms with Gasteiger partial charge in [0.15, 0.2) is 0 Å². The number of likely N-dealkylation sites (tertiary alicyclic amines) is 1. The van der Waals surface area contributed by atoms with Crippen molar-refractivity contribution in [1.29, 1.82) is 0 Å². The van der Waals surface area contributed by atoms with Gasteiger partial charge in [-0.15, -0.1) is 0 Å². The van der Waals surface area contributed by atoms with E-state index in [-0.39, 0.29) is 11.7 Å². The van der Waals surface area contributed by atoms with Crippen LogP contribution in [0.5, 0.6) is 5.75 Å². The smallest absolute Gasteiger partial charge is 0.245 e. The van der Waals surface area contributed by atoms with Crippen molar-refractivity contribution >= 4 is 11.6 Å². The molecule has 0 radical (unpaired) electrons. The summed E-state index contributed by atoms with van der Waals surface area (Å²) in [5.41, 5.74) is 1.08. The Hall–Kier alpha value is -2.60. The number of carbonyl (C=O) groups is 1. The molecule has 0 spiro atoms. The van der Waals surface area contributed by atoms with Gasteiger partial charge >= 0.3 is 0 Å². The number of likely N-dealkylation sites (N-methyl/N-ethyl adjacent to an activating group) is 1. The zero-order chi connectivity index (χ0) is 19.3. The highest BCUT2D eigenvalue weighted by molar-refractivity contribution is 5.89. The van der Waals surface area contributed by atoms with Gasteiger partial charge in [-0.2, -0.15) is 0 Å². The van der Waals surface area contributed by atoms with Gasteiger partial charge in [-0.3, -0.25) is 9.69 Å². The predicted octanol–water partition coefficient (Wildman–Crippen LogP) is 3.03. The molecule has 0 atom stereocenters. The minimum Gasteiger partial charge on any atom is -0.497 e. The van der Waals surface area contributed by atoms with E-state index in [4.69, 9.17) is 4.74 Å². The summed E-state index contributed by atoms with van der Waals surface area (Å²) in [6, 6.07) is 14.3. The molecule has 144 valence electrons. The first-order valence-corrected chi connectivity index (χ1v) is 9.16. The second kappa shape index (κ2) is 8.39. The number of hydrogen-bond donors (Lipinski definition) is 2. The number of halogens is 1. The van der Waals surface area contributed by atoms with E-state index in [1.54, 1.807) is 26.3 Å². The molecule has 2 aromatic carbocycles. The number of hydrogen-bond acceptors (Lipinski definition) is 4. The number of nitrogens with one attached hydrogen (secondary N) is 2. The molecule has 1 aliphatic heterocycles. The van der Waals surface area contributed by atoms with Crippen LogP contribution in [0.2, 0.25) is 0 Å². The molecule has 3 rings (SSSR count). The number of anilines is 1. The number of nitrogens with zero attached hydrogens (tertiary/aromatic N) is 1. The highest BCUT2D eigenvalue weighted by Gasteiger charge is 2.40. The Morgan fingerprint density at radius 1 is 1.19 bits per heavy atom. The van der Waals surface area contributed by atoms with Gasteiger partial charge < -0.3 is 15.4 Å². The second-order valence-electron chi connectivity index (χ2n) is 6.92. The van der Waals surface area contributed by atoms with E-state index in [2.05, 4.69) is 21.6 Å². The van der Waals surface area contributed by atoms with Crippen LogP contribution in [0, 0.1) is 5.82 Å². The van der Waals surface area contributed by atoms with Gasteiger partial charge in [-0.25, -0.2) is 4.39 Å². The fraction of sp³-hybridized carbons (Fsp3) is 0.381. The molecular weight excluding hydrogens is 345 g/mol. The zero-order valence-electron chi connectivity index (χ0n) is 15.8. The van der Waals surface area contributed by atoms with Crippen molar-refractivity contribution in [1.82, 2.24) is 10.2 Å². The van der Waals surface area contributed by atoms with Crippen LogP contribution >= 0.6 is 0 Å². The van der Waals surface area contributed by atoms with E-state index in [0.717, 1.165) is 25.4 Å². The highest BCUT2D eigenvalue weighted by atomic mass is 19.1. The number of ether oxygens (including phenoxy) is 1. The summed E-state index contributed by atoms with van der Waals surface area (Å²) < 4.78 is 18.8. The van der Waals surface area contributed by atoms with E-state index in [1.165, 1.54) is 17.7 Å². The Bertz CT molecular complexity index is 789. The Kier molecular flexibility index (Phi) is 5.96. The number of carbonyl (C=O) groups excluding carboxylic acids is 1. The van der Waals surface area contributed by atoms with Crippen LogP contribution in [0.4, 0.5) is 10.1 Å². The van der Waals surface area contributed by atoms with Crippen LogP contribution in [0.25, 0.3) is 0 Å². The maximum Gasteiger partial charge on any atom is 0.245 e. The fourth-order valence-corrected chi connectivity index (χ4v) is 3.61. The summed E-state index contributed by atoms with van der Waals surface area (Å²) in [6.45, 7) is 2.35. The molecule has 0 aliphatic carbocycles. The summed E-state index contributed by atoms with van der Waals surface area (Å²) >= 11 is 0. The monoisotopic (exact) mass is 371 g/mol. The van der Waals surface area contributed by atoms with Gasteiger partial charge in [0.1, 0.15) is 17.1 Å². The average Bonchev–Trinajstić information content (AvgIpc) is 2.69. The quantitative estimate of drug-likeness (QED) is 0.820. The molecule has 2 aromatic rings. The number of methoxy groups -OCH3 is 1. The molecule has 1 aliphatic rings. The standard InChI is InChI=1S/C21H26FN3O2/c1-23-20(26)21(24-18-7-4-6-17(22)14-18)9-11-25(12-10-21)15-16-5-3-8-19(13-16)27-2/h3-8,13-14,24H,9-12,15H2,1-2H3,(H,23,26). The topological polar surface area (TPSA) is 53.6 Å². The summed E-state index contributed by atoms with van der Waals surface area (Å²) in [7, 11) is 3.30.